The van der Waals surface area contributed by atoms with Crippen molar-refractivity contribution in [3.8, 4) is 0 Å². The molecule has 0 aliphatic heterocycles. The summed E-state index contributed by atoms with van der Waals surface area (Å²) in [7, 11) is 0. The van der Waals surface area contributed by atoms with E-state index in [4.69, 9.17) is 5.11 Å². The smallest absolute Gasteiger partial charge is 0.233 e. The van der Waals surface area contributed by atoms with Crippen LogP contribution in [-0.2, 0) is 4.79 Å². The maximum absolute atomic E-state index is 12.4. The second-order valence-corrected chi connectivity index (χ2v) is 6.62. The van der Waals surface area contributed by atoms with Crippen molar-refractivity contribution in [2.75, 3.05) is 18.9 Å². The largest absolute Gasteiger partial charge is 0.396 e. The third kappa shape index (κ3) is 3.55. The molecule has 7 nitrogen and oxygen atoms in total. The highest BCUT2D eigenvalue weighted by atomic mass is 32.2. The number of thioether (sulfide) groups is 1. The van der Waals surface area contributed by atoms with Crippen molar-refractivity contribution in [3.05, 3.63) is 0 Å². The van der Waals surface area contributed by atoms with Crippen LogP contribution in [-0.4, -0.2) is 61.1 Å². The standard InChI is InChI=1S/C13H21N5O2S/c19-8-2-7-17(10-3-1-4-10)12(20)9-21-13-14-15-16-18(13)11-5-6-11/h10-11,19H,1-9H2. The molecule has 2 aliphatic rings. The number of carbonyl (C=O) groups is 1. The van der Waals surface area contributed by atoms with Crippen LogP contribution >= 0.6 is 11.8 Å². The Morgan fingerprint density at radius 3 is 2.81 bits per heavy atom. The van der Waals surface area contributed by atoms with Crippen molar-refractivity contribution >= 4 is 17.7 Å². The molecule has 2 aliphatic carbocycles. The molecule has 0 aromatic carbocycles. The summed E-state index contributed by atoms with van der Waals surface area (Å²) in [5, 5.41) is 21.4. The molecule has 1 heterocycles. The van der Waals surface area contributed by atoms with Gasteiger partial charge in [-0.15, -0.1) is 5.10 Å². The van der Waals surface area contributed by atoms with E-state index in [-0.39, 0.29) is 12.5 Å². The van der Waals surface area contributed by atoms with Crippen LogP contribution in [0.25, 0.3) is 0 Å². The van der Waals surface area contributed by atoms with Crippen LogP contribution in [0.4, 0.5) is 0 Å². The zero-order valence-electron chi connectivity index (χ0n) is 12.0. The molecule has 0 bridgehead atoms. The van der Waals surface area contributed by atoms with Gasteiger partial charge in [0.2, 0.25) is 11.1 Å². The summed E-state index contributed by atoms with van der Waals surface area (Å²) in [6, 6.07) is 0.791. The lowest BCUT2D eigenvalue weighted by Crippen LogP contribution is -2.45. The number of aliphatic hydroxyl groups is 1. The zero-order chi connectivity index (χ0) is 14.7. The van der Waals surface area contributed by atoms with E-state index in [1.807, 2.05) is 9.58 Å². The average Bonchev–Trinajstić information content (AvgIpc) is 3.17. The zero-order valence-corrected chi connectivity index (χ0v) is 12.8. The van der Waals surface area contributed by atoms with E-state index in [0.717, 1.165) is 30.8 Å². The molecule has 1 aromatic rings. The van der Waals surface area contributed by atoms with Gasteiger partial charge in [-0.25, -0.2) is 4.68 Å². The molecule has 0 spiro atoms. The Hall–Kier alpha value is -1.15. The van der Waals surface area contributed by atoms with Gasteiger partial charge >= 0.3 is 0 Å². The fourth-order valence-electron chi connectivity index (χ4n) is 2.49. The Bertz CT molecular complexity index is 487. The fraction of sp³-hybridized carbons (Fsp3) is 0.846. The summed E-state index contributed by atoms with van der Waals surface area (Å²) in [6.07, 6.45) is 6.26. The highest BCUT2D eigenvalue weighted by Crippen LogP contribution is 2.36. The average molecular weight is 311 g/mol. The second kappa shape index (κ2) is 6.74. The van der Waals surface area contributed by atoms with E-state index in [1.54, 1.807) is 0 Å². The van der Waals surface area contributed by atoms with Crippen molar-refractivity contribution in [1.29, 1.82) is 0 Å². The Labute approximate surface area is 128 Å². The highest BCUT2D eigenvalue weighted by Gasteiger charge is 2.30. The van der Waals surface area contributed by atoms with Crippen LogP contribution in [0.3, 0.4) is 0 Å². The minimum Gasteiger partial charge on any atom is -0.396 e. The predicted molar refractivity (Wildman–Crippen MR) is 77.9 cm³/mol. The van der Waals surface area contributed by atoms with E-state index in [9.17, 15) is 4.79 Å². The number of amides is 1. The van der Waals surface area contributed by atoms with E-state index < -0.39 is 0 Å². The van der Waals surface area contributed by atoms with Crippen LogP contribution in [0.15, 0.2) is 5.16 Å². The number of carbonyl (C=O) groups excluding carboxylic acids is 1. The van der Waals surface area contributed by atoms with Crippen molar-refractivity contribution in [2.45, 2.75) is 55.8 Å². The van der Waals surface area contributed by atoms with E-state index in [1.165, 1.54) is 18.2 Å². The quantitative estimate of drug-likeness (QED) is 0.717. The van der Waals surface area contributed by atoms with Gasteiger partial charge in [0.05, 0.1) is 11.8 Å². The number of nitrogens with zero attached hydrogens (tertiary/aromatic N) is 5. The van der Waals surface area contributed by atoms with E-state index in [2.05, 4.69) is 15.5 Å². The summed E-state index contributed by atoms with van der Waals surface area (Å²) in [5.74, 6) is 0.498. The number of hydrogen-bond donors (Lipinski definition) is 1. The SMILES string of the molecule is O=C(CSc1nnnn1C1CC1)N(CCCO)C1CCC1. The molecular formula is C13H21N5O2S. The molecule has 116 valence electrons. The molecule has 2 saturated carbocycles. The van der Waals surface area contributed by atoms with Crippen molar-refractivity contribution in [1.82, 2.24) is 25.1 Å². The van der Waals surface area contributed by atoms with Gasteiger partial charge in [0, 0.05) is 19.2 Å². The summed E-state index contributed by atoms with van der Waals surface area (Å²) < 4.78 is 1.83. The van der Waals surface area contributed by atoms with E-state index in [0.29, 0.717) is 30.8 Å². The molecule has 8 heteroatoms. The first-order chi connectivity index (χ1) is 10.3. The number of aliphatic hydroxyl groups excluding tert-OH is 1. The highest BCUT2D eigenvalue weighted by molar-refractivity contribution is 7.99. The molecular weight excluding hydrogens is 290 g/mol. The first kappa shape index (κ1) is 14.8. The summed E-state index contributed by atoms with van der Waals surface area (Å²) >= 11 is 1.42. The van der Waals surface area contributed by atoms with Gasteiger partial charge in [-0.3, -0.25) is 4.79 Å². The normalized spacial score (nSPS) is 18.5. The lowest BCUT2D eigenvalue weighted by molar-refractivity contribution is -0.132. The van der Waals surface area contributed by atoms with Crippen LogP contribution in [0.2, 0.25) is 0 Å². The lowest BCUT2D eigenvalue weighted by Gasteiger charge is -2.37. The third-order valence-corrected chi connectivity index (χ3v) is 4.99. The summed E-state index contributed by atoms with van der Waals surface area (Å²) in [5.41, 5.74) is 0. The van der Waals surface area contributed by atoms with Gasteiger partial charge in [0.15, 0.2) is 0 Å². The maximum atomic E-state index is 12.4. The molecule has 0 saturated heterocycles. The van der Waals surface area contributed by atoms with Crippen LogP contribution in [0.5, 0.6) is 0 Å². The van der Waals surface area contributed by atoms with Gasteiger partial charge < -0.3 is 10.0 Å². The van der Waals surface area contributed by atoms with Crippen LogP contribution < -0.4 is 0 Å². The molecule has 0 radical (unpaired) electrons. The molecule has 2 fully saturated rings. The molecule has 3 rings (SSSR count). The predicted octanol–water partition coefficient (Wildman–Crippen LogP) is 0.864. The van der Waals surface area contributed by atoms with Crippen molar-refractivity contribution < 1.29 is 9.90 Å². The second-order valence-electron chi connectivity index (χ2n) is 5.67. The number of rotatable bonds is 8. The van der Waals surface area contributed by atoms with Crippen LogP contribution in [0.1, 0.15) is 44.6 Å². The Morgan fingerprint density at radius 1 is 1.38 bits per heavy atom. The first-order valence-electron chi connectivity index (χ1n) is 7.60. The van der Waals surface area contributed by atoms with Gasteiger partial charge in [-0.1, -0.05) is 11.8 Å². The van der Waals surface area contributed by atoms with Gasteiger partial charge in [0.25, 0.3) is 0 Å². The van der Waals surface area contributed by atoms with Gasteiger partial charge in [0.1, 0.15) is 0 Å². The Morgan fingerprint density at radius 2 is 2.19 bits per heavy atom. The monoisotopic (exact) mass is 311 g/mol. The van der Waals surface area contributed by atoms with Crippen molar-refractivity contribution in [3.63, 3.8) is 0 Å². The number of hydrogen-bond acceptors (Lipinski definition) is 6. The molecule has 1 aromatic heterocycles. The first-order valence-corrected chi connectivity index (χ1v) is 8.59. The molecule has 1 amide bonds. The number of tetrazole rings is 1. The minimum atomic E-state index is 0.128. The number of aromatic nitrogens is 4. The lowest BCUT2D eigenvalue weighted by atomic mass is 9.91. The molecule has 1 N–H and O–H groups in total. The topological polar surface area (TPSA) is 84.1 Å². The third-order valence-electron chi connectivity index (χ3n) is 4.07. The Balaban J connectivity index is 1.54. The summed E-state index contributed by atoms with van der Waals surface area (Å²) in [6.45, 7) is 0.775. The Kier molecular flexibility index (Phi) is 4.74. The molecule has 21 heavy (non-hydrogen) atoms. The van der Waals surface area contributed by atoms with Gasteiger partial charge in [-0.2, -0.15) is 0 Å². The summed E-state index contributed by atoms with van der Waals surface area (Å²) in [4.78, 5) is 14.3. The van der Waals surface area contributed by atoms with Crippen molar-refractivity contribution in [2.24, 2.45) is 0 Å². The van der Waals surface area contributed by atoms with Gasteiger partial charge in [-0.05, 0) is 49.0 Å². The minimum absolute atomic E-state index is 0.128. The molecule has 0 atom stereocenters. The van der Waals surface area contributed by atoms with Crippen LogP contribution in [0, 0.1) is 0 Å². The fourth-order valence-corrected chi connectivity index (χ4v) is 3.32. The maximum Gasteiger partial charge on any atom is 0.233 e. The molecule has 0 unspecified atom stereocenters. The van der Waals surface area contributed by atoms with E-state index >= 15 is 0 Å².